The highest BCUT2D eigenvalue weighted by Gasteiger charge is 2.32. The number of carbonyl (C=O) groups is 1. The van der Waals surface area contributed by atoms with Crippen LogP contribution in [0.1, 0.15) is 71.6 Å². The van der Waals surface area contributed by atoms with E-state index in [2.05, 4.69) is 5.32 Å². The van der Waals surface area contributed by atoms with Crippen molar-refractivity contribution in [3.05, 3.63) is 0 Å². The van der Waals surface area contributed by atoms with Gasteiger partial charge in [-0.25, -0.2) is 0 Å². The zero-order valence-corrected chi connectivity index (χ0v) is 14.1. The molecular weight excluding hydrogens is 266 g/mol. The standard InChI is InChI=1S/C17H33NO3/c1-4-18-17(2,16(19)20-3)13-9-10-14-21-15-11-7-5-6-8-12-15/h15,18H,4-14H2,1-3H3. The highest BCUT2D eigenvalue weighted by atomic mass is 16.5. The molecule has 0 saturated heterocycles. The molecule has 0 aromatic heterocycles. The Morgan fingerprint density at radius 2 is 1.86 bits per heavy atom. The van der Waals surface area contributed by atoms with Gasteiger partial charge in [0.05, 0.1) is 13.2 Å². The lowest BCUT2D eigenvalue weighted by Gasteiger charge is -2.27. The molecule has 1 aliphatic carbocycles. The number of hydrogen-bond acceptors (Lipinski definition) is 4. The lowest BCUT2D eigenvalue weighted by Crippen LogP contribution is -2.50. The molecule has 21 heavy (non-hydrogen) atoms. The first-order valence-corrected chi connectivity index (χ1v) is 8.57. The van der Waals surface area contributed by atoms with E-state index in [1.165, 1.54) is 45.6 Å². The maximum Gasteiger partial charge on any atom is 0.325 e. The smallest absolute Gasteiger partial charge is 0.325 e. The fraction of sp³-hybridized carbons (Fsp3) is 0.941. The van der Waals surface area contributed by atoms with E-state index >= 15 is 0 Å². The van der Waals surface area contributed by atoms with E-state index < -0.39 is 5.54 Å². The summed E-state index contributed by atoms with van der Waals surface area (Å²) in [4.78, 5) is 11.9. The van der Waals surface area contributed by atoms with Gasteiger partial charge in [0.15, 0.2) is 0 Å². The van der Waals surface area contributed by atoms with Crippen molar-refractivity contribution in [2.24, 2.45) is 0 Å². The van der Waals surface area contributed by atoms with Gasteiger partial charge in [-0.3, -0.25) is 4.79 Å². The van der Waals surface area contributed by atoms with Crippen LogP contribution in [0.2, 0.25) is 0 Å². The summed E-state index contributed by atoms with van der Waals surface area (Å²) in [7, 11) is 1.45. The summed E-state index contributed by atoms with van der Waals surface area (Å²) in [5, 5.41) is 3.24. The molecule has 1 atom stereocenters. The molecule has 0 aromatic rings. The fourth-order valence-electron chi connectivity index (χ4n) is 3.12. The number of methoxy groups -OCH3 is 1. The summed E-state index contributed by atoms with van der Waals surface area (Å²) in [5.41, 5.74) is -0.564. The fourth-order valence-corrected chi connectivity index (χ4v) is 3.12. The Kier molecular flexibility index (Phi) is 8.93. The normalized spacial score (nSPS) is 19.8. The molecule has 0 bridgehead atoms. The molecule has 1 fully saturated rings. The molecular formula is C17H33NO3. The van der Waals surface area contributed by atoms with Crippen LogP contribution in [0.5, 0.6) is 0 Å². The van der Waals surface area contributed by atoms with Crippen molar-refractivity contribution in [1.82, 2.24) is 5.32 Å². The van der Waals surface area contributed by atoms with E-state index in [0.29, 0.717) is 6.10 Å². The Labute approximate surface area is 130 Å². The molecule has 1 N–H and O–H groups in total. The van der Waals surface area contributed by atoms with Crippen LogP contribution < -0.4 is 5.32 Å². The van der Waals surface area contributed by atoms with Gasteiger partial charge in [-0.05, 0) is 45.6 Å². The Hall–Kier alpha value is -0.610. The third-order valence-electron chi connectivity index (χ3n) is 4.43. The van der Waals surface area contributed by atoms with Crippen LogP contribution in [0.4, 0.5) is 0 Å². The number of rotatable bonds is 9. The minimum absolute atomic E-state index is 0.172. The minimum atomic E-state index is -0.564. The molecule has 4 heteroatoms. The summed E-state index contributed by atoms with van der Waals surface area (Å²) >= 11 is 0. The Bertz CT molecular complexity index is 288. The second-order valence-corrected chi connectivity index (χ2v) is 6.30. The quantitative estimate of drug-likeness (QED) is 0.402. The Morgan fingerprint density at radius 3 is 2.43 bits per heavy atom. The van der Waals surface area contributed by atoms with Gasteiger partial charge in [0.1, 0.15) is 5.54 Å². The number of carbonyl (C=O) groups excluding carboxylic acids is 1. The van der Waals surface area contributed by atoms with Gasteiger partial charge >= 0.3 is 5.97 Å². The summed E-state index contributed by atoms with van der Waals surface area (Å²) < 4.78 is 10.9. The van der Waals surface area contributed by atoms with Crippen LogP contribution >= 0.6 is 0 Å². The summed E-state index contributed by atoms with van der Waals surface area (Å²) in [6, 6.07) is 0. The van der Waals surface area contributed by atoms with Crippen molar-refractivity contribution >= 4 is 5.97 Å². The SMILES string of the molecule is CCNC(C)(CCCCOC1CCCCCC1)C(=O)OC. The minimum Gasteiger partial charge on any atom is -0.468 e. The summed E-state index contributed by atoms with van der Waals surface area (Å²) in [5.74, 6) is -0.172. The second-order valence-electron chi connectivity index (χ2n) is 6.30. The monoisotopic (exact) mass is 299 g/mol. The average molecular weight is 299 g/mol. The molecule has 4 nitrogen and oxygen atoms in total. The number of likely N-dealkylation sites (N-methyl/N-ethyl adjacent to an activating group) is 1. The zero-order chi connectivity index (χ0) is 15.6. The van der Waals surface area contributed by atoms with Crippen molar-refractivity contribution in [1.29, 1.82) is 0 Å². The number of nitrogens with one attached hydrogen (secondary N) is 1. The average Bonchev–Trinajstić information content (AvgIpc) is 2.75. The number of ether oxygens (including phenoxy) is 2. The molecule has 1 aliphatic rings. The van der Waals surface area contributed by atoms with Crippen LogP contribution in [0.3, 0.4) is 0 Å². The number of esters is 1. The van der Waals surface area contributed by atoms with Crippen LogP contribution in [-0.4, -0.2) is 37.9 Å². The van der Waals surface area contributed by atoms with Gasteiger partial charge < -0.3 is 14.8 Å². The summed E-state index contributed by atoms with van der Waals surface area (Å²) in [6.07, 6.45) is 11.0. The highest BCUT2D eigenvalue weighted by Crippen LogP contribution is 2.21. The van der Waals surface area contributed by atoms with Crippen LogP contribution in [0.15, 0.2) is 0 Å². The third kappa shape index (κ3) is 6.79. The second kappa shape index (κ2) is 10.2. The van der Waals surface area contributed by atoms with E-state index in [1.807, 2.05) is 13.8 Å². The lowest BCUT2D eigenvalue weighted by atomic mass is 9.95. The molecule has 0 aliphatic heterocycles. The van der Waals surface area contributed by atoms with E-state index in [-0.39, 0.29) is 5.97 Å². The predicted octanol–water partition coefficient (Wildman–Crippen LogP) is 3.44. The summed E-state index contributed by atoms with van der Waals surface area (Å²) in [6.45, 7) is 5.52. The largest absolute Gasteiger partial charge is 0.468 e. The van der Waals surface area contributed by atoms with Crippen molar-refractivity contribution in [2.45, 2.75) is 83.3 Å². The van der Waals surface area contributed by atoms with Crippen LogP contribution in [0, 0.1) is 0 Å². The van der Waals surface area contributed by atoms with Gasteiger partial charge in [-0.1, -0.05) is 32.6 Å². The molecule has 0 amide bonds. The predicted molar refractivity (Wildman–Crippen MR) is 85.4 cm³/mol. The number of unbranched alkanes of at least 4 members (excludes halogenated alkanes) is 1. The van der Waals surface area contributed by atoms with E-state index in [0.717, 1.165) is 32.4 Å². The topological polar surface area (TPSA) is 47.6 Å². The van der Waals surface area contributed by atoms with Gasteiger partial charge in [0.2, 0.25) is 0 Å². The molecule has 0 heterocycles. The zero-order valence-electron chi connectivity index (χ0n) is 14.1. The van der Waals surface area contributed by atoms with Gasteiger partial charge in [-0.15, -0.1) is 0 Å². The molecule has 1 saturated carbocycles. The first-order valence-electron chi connectivity index (χ1n) is 8.57. The first-order chi connectivity index (χ1) is 10.1. The Balaban J connectivity index is 2.20. The maximum atomic E-state index is 11.9. The molecule has 0 radical (unpaired) electrons. The maximum absolute atomic E-state index is 11.9. The number of hydrogen-bond donors (Lipinski definition) is 1. The lowest BCUT2D eigenvalue weighted by molar-refractivity contribution is -0.148. The molecule has 0 aromatic carbocycles. The van der Waals surface area contributed by atoms with Gasteiger partial charge in [0, 0.05) is 6.61 Å². The van der Waals surface area contributed by atoms with Crippen molar-refractivity contribution < 1.29 is 14.3 Å². The van der Waals surface area contributed by atoms with E-state index in [9.17, 15) is 4.79 Å². The van der Waals surface area contributed by atoms with E-state index in [4.69, 9.17) is 9.47 Å². The van der Waals surface area contributed by atoms with Crippen LogP contribution in [0.25, 0.3) is 0 Å². The van der Waals surface area contributed by atoms with Crippen molar-refractivity contribution in [2.75, 3.05) is 20.3 Å². The molecule has 1 rings (SSSR count). The van der Waals surface area contributed by atoms with Crippen LogP contribution in [-0.2, 0) is 14.3 Å². The molecule has 0 spiro atoms. The molecule has 1 unspecified atom stereocenters. The Morgan fingerprint density at radius 1 is 1.19 bits per heavy atom. The first kappa shape index (κ1) is 18.4. The molecule has 124 valence electrons. The van der Waals surface area contributed by atoms with Gasteiger partial charge in [0.25, 0.3) is 0 Å². The highest BCUT2D eigenvalue weighted by molar-refractivity contribution is 5.80. The van der Waals surface area contributed by atoms with Crippen molar-refractivity contribution in [3.63, 3.8) is 0 Å². The van der Waals surface area contributed by atoms with E-state index in [1.54, 1.807) is 0 Å². The van der Waals surface area contributed by atoms with Crippen molar-refractivity contribution in [3.8, 4) is 0 Å². The third-order valence-corrected chi connectivity index (χ3v) is 4.43. The van der Waals surface area contributed by atoms with Gasteiger partial charge in [-0.2, -0.15) is 0 Å².